The fraction of sp³-hybridized carbons (Fsp3) is 0.650. The molecule has 140 valence electrons. The van der Waals surface area contributed by atoms with Crippen molar-refractivity contribution in [1.29, 1.82) is 0 Å². The van der Waals surface area contributed by atoms with Crippen molar-refractivity contribution in [2.45, 2.75) is 70.5 Å². The molecule has 5 heteroatoms. The second kappa shape index (κ2) is 6.76. The number of alkyl carbamates (subject to hydrolysis) is 1. The maximum absolute atomic E-state index is 12.0. The van der Waals surface area contributed by atoms with Crippen LogP contribution in [0.1, 0.15) is 39.2 Å². The van der Waals surface area contributed by atoms with E-state index in [2.05, 4.69) is 39.2 Å². The van der Waals surface area contributed by atoms with Crippen molar-refractivity contribution >= 4 is 14.4 Å². The normalized spacial score (nSPS) is 29.0. The average molecular weight is 363 g/mol. The molecule has 2 aliphatic rings. The molecule has 1 N–H and O–H groups in total. The van der Waals surface area contributed by atoms with Crippen molar-refractivity contribution in [2.75, 3.05) is 0 Å². The van der Waals surface area contributed by atoms with Crippen LogP contribution in [0.5, 0.6) is 0 Å². The van der Waals surface area contributed by atoms with Gasteiger partial charge >= 0.3 is 146 Å². The Kier molecular flexibility index (Phi) is 4.99. The van der Waals surface area contributed by atoms with Crippen LogP contribution in [0.3, 0.4) is 0 Å². The summed E-state index contributed by atoms with van der Waals surface area (Å²) in [6.45, 7) is 11.9. The molecule has 0 spiro atoms. The molecular weight excluding hydrogens is 330 g/mol. The van der Waals surface area contributed by atoms with Gasteiger partial charge in [0.1, 0.15) is 0 Å². The van der Waals surface area contributed by atoms with Crippen LogP contribution in [0, 0.1) is 11.8 Å². The van der Waals surface area contributed by atoms with E-state index in [4.69, 9.17) is 9.16 Å². The number of nitrogens with one attached hydrogen (secondary N) is 1. The Labute approximate surface area is 152 Å². The van der Waals surface area contributed by atoms with Crippen LogP contribution in [0.4, 0.5) is 4.79 Å². The van der Waals surface area contributed by atoms with E-state index in [0.717, 1.165) is 18.4 Å². The molecule has 1 aromatic rings. The van der Waals surface area contributed by atoms with Gasteiger partial charge in [-0.15, -0.1) is 0 Å². The first-order valence-corrected chi connectivity index (χ1v) is 12.9. The molecule has 2 aliphatic carbocycles. The Morgan fingerprint density at radius 2 is 1.76 bits per heavy atom. The van der Waals surface area contributed by atoms with Gasteiger partial charge in [-0.3, -0.25) is 0 Å². The zero-order chi connectivity index (χ0) is 18.2. The van der Waals surface area contributed by atoms with Crippen LogP contribution in [-0.2, 0) is 15.8 Å². The number of benzene rings is 1. The predicted molar refractivity (Wildman–Crippen MR) is 103 cm³/mol. The molecule has 1 aromatic carbocycles. The fourth-order valence-corrected chi connectivity index (χ4v) is 5.30. The Balaban J connectivity index is 1.39. The van der Waals surface area contributed by atoms with E-state index in [-0.39, 0.29) is 17.2 Å². The first-order valence-electron chi connectivity index (χ1n) is 9.55. The van der Waals surface area contributed by atoms with E-state index in [1.165, 1.54) is 0 Å². The molecule has 25 heavy (non-hydrogen) atoms. The molecule has 1 amide bonds. The van der Waals surface area contributed by atoms with E-state index < -0.39 is 8.32 Å². The first kappa shape index (κ1) is 18.5. The number of carbonyl (C=O) groups excluding carboxylic acids is 1. The van der Waals surface area contributed by atoms with Gasteiger partial charge in [-0.2, -0.15) is 0 Å². The van der Waals surface area contributed by atoms with Gasteiger partial charge in [-0.1, -0.05) is 6.07 Å². The number of ether oxygens (including phenoxy) is 1. The van der Waals surface area contributed by atoms with Crippen molar-refractivity contribution in [1.82, 2.24) is 5.32 Å². The van der Waals surface area contributed by atoms with Gasteiger partial charge in [-0.05, 0) is 0 Å². The van der Waals surface area contributed by atoms with E-state index in [1.54, 1.807) is 0 Å². The molecule has 4 nitrogen and oxygen atoms in total. The minimum atomic E-state index is -2.00. The standard InChI is InChI=1S/C20H32NO3Si/c1-20(2,3)25(4,5)24-15-11-16-17(12-15)18(16)21-19(22)23-13-14-9-7-6-8-10-14/h6-10,15-18,25H,11-13H2,1-5H3,(H,21,22)/q-1/t15?,16-,17+,18?. The SMILES string of the molecule is CC(C)(C)[SiH-](C)(C)OC1C[C@@H]2C(NC(=O)OCc3ccccc3)[C@@H]2C1. The zero-order valence-electron chi connectivity index (χ0n) is 16.1. The Hall–Kier alpha value is -1.33. The first-order chi connectivity index (χ1) is 11.7. The van der Waals surface area contributed by atoms with Crippen molar-refractivity contribution in [3.05, 3.63) is 35.9 Å². The molecule has 2 unspecified atom stereocenters. The predicted octanol–water partition coefficient (Wildman–Crippen LogP) is 4.44. The molecule has 0 bridgehead atoms. The number of hydrogen-bond donors (Lipinski definition) is 1. The monoisotopic (exact) mass is 362 g/mol. The van der Waals surface area contributed by atoms with Gasteiger partial charge in [-0.25, -0.2) is 0 Å². The summed E-state index contributed by atoms with van der Waals surface area (Å²) in [5, 5.41) is 3.31. The van der Waals surface area contributed by atoms with Gasteiger partial charge in [0, 0.05) is 0 Å². The van der Waals surface area contributed by atoms with Crippen molar-refractivity contribution in [3.63, 3.8) is 0 Å². The maximum atomic E-state index is 12.0. The summed E-state index contributed by atoms with van der Waals surface area (Å²) < 4.78 is 11.9. The number of rotatable bonds is 5. The summed E-state index contributed by atoms with van der Waals surface area (Å²) in [6, 6.07) is 10.1. The van der Waals surface area contributed by atoms with Gasteiger partial charge < -0.3 is 0 Å². The minimum absolute atomic E-state index is 0.276. The van der Waals surface area contributed by atoms with E-state index >= 15 is 0 Å². The van der Waals surface area contributed by atoms with Crippen molar-refractivity contribution < 1.29 is 14.0 Å². The van der Waals surface area contributed by atoms with Crippen LogP contribution < -0.4 is 5.32 Å². The summed E-state index contributed by atoms with van der Waals surface area (Å²) in [5.74, 6) is 1.15. The third-order valence-electron chi connectivity index (χ3n) is 6.52. The molecule has 0 radical (unpaired) electrons. The van der Waals surface area contributed by atoms with Gasteiger partial charge in [0.05, 0.1) is 0 Å². The zero-order valence-corrected chi connectivity index (χ0v) is 17.3. The third-order valence-corrected chi connectivity index (χ3v) is 11.8. The molecule has 0 heterocycles. The van der Waals surface area contributed by atoms with E-state index in [0.29, 0.717) is 24.5 Å². The summed E-state index contributed by atoms with van der Waals surface area (Å²) in [6.07, 6.45) is 2.24. The molecular formula is C20H32NO3Si-. The summed E-state index contributed by atoms with van der Waals surface area (Å²) in [7, 11) is -2.00. The van der Waals surface area contributed by atoms with Gasteiger partial charge in [0.2, 0.25) is 0 Å². The van der Waals surface area contributed by atoms with E-state index in [1.807, 2.05) is 30.3 Å². The number of fused-ring (bicyclic) bond motifs is 1. The van der Waals surface area contributed by atoms with E-state index in [9.17, 15) is 4.79 Å². The topological polar surface area (TPSA) is 47.6 Å². The Morgan fingerprint density at radius 3 is 2.32 bits per heavy atom. The molecule has 0 aliphatic heterocycles. The second-order valence-electron chi connectivity index (χ2n) is 9.40. The molecule has 2 saturated carbocycles. The summed E-state index contributed by atoms with van der Waals surface area (Å²) in [4.78, 5) is 12.0. The molecule has 3 rings (SSSR count). The number of hydrogen-bond acceptors (Lipinski definition) is 3. The van der Waals surface area contributed by atoms with Crippen LogP contribution in [-0.4, -0.2) is 26.6 Å². The molecule has 4 atom stereocenters. The average Bonchev–Trinajstić information content (AvgIpc) is 2.97. The van der Waals surface area contributed by atoms with Gasteiger partial charge in [0.15, 0.2) is 0 Å². The quantitative estimate of drug-likeness (QED) is 0.788. The molecule has 2 fully saturated rings. The third kappa shape index (κ3) is 4.26. The Morgan fingerprint density at radius 1 is 1.16 bits per heavy atom. The van der Waals surface area contributed by atoms with Gasteiger partial charge in [0.25, 0.3) is 0 Å². The number of carbonyl (C=O) groups is 1. The van der Waals surface area contributed by atoms with Crippen LogP contribution in [0.2, 0.25) is 18.1 Å². The van der Waals surface area contributed by atoms with Crippen LogP contribution in [0.15, 0.2) is 30.3 Å². The van der Waals surface area contributed by atoms with Crippen LogP contribution >= 0.6 is 0 Å². The second-order valence-corrected chi connectivity index (χ2v) is 14.9. The van der Waals surface area contributed by atoms with Crippen LogP contribution in [0.25, 0.3) is 0 Å². The summed E-state index contributed by atoms with van der Waals surface area (Å²) >= 11 is 0. The van der Waals surface area contributed by atoms with Crippen molar-refractivity contribution in [2.24, 2.45) is 11.8 Å². The Bertz CT molecular complexity index is 599. The summed E-state index contributed by atoms with van der Waals surface area (Å²) in [5.41, 5.74) is 1.01. The number of amides is 1. The molecule has 0 saturated heterocycles. The fourth-order valence-electron chi connectivity index (χ4n) is 3.70. The van der Waals surface area contributed by atoms with Crippen molar-refractivity contribution in [3.8, 4) is 0 Å². The molecule has 0 aromatic heterocycles.